The Balaban J connectivity index is 2.54. The summed E-state index contributed by atoms with van der Waals surface area (Å²) in [7, 11) is -4.62. The summed E-state index contributed by atoms with van der Waals surface area (Å²) in [6.07, 6.45) is -6.09. The number of alkyl halides is 3. The first-order valence-electron chi connectivity index (χ1n) is 5.63. The van der Waals surface area contributed by atoms with Crippen LogP contribution in [0, 0.1) is 0 Å². The van der Waals surface area contributed by atoms with Crippen LogP contribution in [0.4, 0.5) is 13.2 Å². The van der Waals surface area contributed by atoms with E-state index in [0.29, 0.717) is 4.47 Å². The highest BCUT2D eigenvalue weighted by Gasteiger charge is 2.64. The van der Waals surface area contributed by atoms with E-state index in [9.17, 15) is 26.7 Å². The number of sulfonamides is 1. The molecule has 0 aliphatic carbocycles. The molecule has 1 aliphatic rings. The molecule has 0 amide bonds. The van der Waals surface area contributed by atoms with E-state index in [2.05, 4.69) is 21.0 Å². The first-order chi connectivity index (χ1) is 9.48. The van der Waals surface area contributed by atoms with E-state index in [-0.39, 0.29) is 10.1 Å². The van der Waals surface area contributed by atoms with E-state index in [4.69, 9.17) is 0 Å². The van der Waals surface area contributed by atoms with Gasteiger partial charge in [0.25, 0.3) is 15.7 Å². The van der Waals surface area contributed by atoms with Crippen LogP contribution >= 0.6 is 15.9 Å². The Morgan fingerprint density at radius 3 is 2.33 bits per heavy atom. The first-order valence-corrected chi connectivity index (χ1v) is 7.86. The van der Waals surface area contributed by atoms with E-state index in [0.717, 1.165) is 12.1 Å². The number of benzene rings is 1. The molecule has 10 heteroatoms. The van der Waals surface area contributed by atoms with Crippen molar-refractivity contribution in [2.75, 3.05) is 0 Å². The van der Waals surface area contributed by atoms with Gasteiger partial charge in [-0.1, -0.05) is 15.9 Å². The van der Waals surface area contributed by atoms with E-state index in [1.54, 1.807) is 0 Å². The number of hydrazone groups is 1. The Hall–Kier alpha value is -1.13. The summed E-state index contributed by atoms with van der Waals surface area (Å²) >= 11 is 3.09. The van der Waals surface area contributed by atoms with Gasteiger partial charge in [-0.2, -0.15) is 26.7 Å². The van der Waals surface area contributed by atoms with Gasteiger partial charge < -0.3 is 5.11 Å². The van der Waals surface area contributed by atoms with Gasteiger partial charge in [0.1, 0.15) is 0 Å². The summed E-state index contributed by atoms with van der Waals surface area (Å²) in [5, 5.41) is 13.2. The lowest BCUT2D eigenvalue weighted by Gasteiger charge is -2.33. The molecule has 0 spiro atoms. The molecule has 1 atom stereocenters. The Kier molecular flexibility index (Phi) is 3.83. The van der Waals surface area contributed by atoms with E-state index >= 15 is 0 Å². The molecular weight excluding hydrogens is 377 g/mol. The van der Waals surface area contributed by atoms with Gasteiger partial charge in [-0.05, 0) is 31.2 Å². The van der Waals surface area contributed by atoms with Crippen LogP contribution in [-0.2, 0) is 10.0 Å². The van der Waals surface area contributed by atoms with Crippen LogP contribution in [0.15, 0.2) is 38.7 Å². The predicted octanol–water partition coefficient (Wildman–Crippen LogP) is 2.47. The topological polar surface area (TPSA) is 70.0 Å². The molecule has 1 aromatic rings. The fraction of sp³-hybridized carbons (Fsp3) is 0.364. The maximum absolute atomic E-state index is 13.0. The number of hydrogen-bond acceptors (Lipinski definition) is 4. The molecule has 2 rings (SSSR count). The van der Waals surface area contributed by atoms with Gasteiger partial charge in [-0.3, -0.25) is 0 Å². The second-order valence-corrected chi connectivity index (χ2v) is 7.21. The van der Waals surface area contributed by atoms with Crippen molar-refractivity contribution < 1.29 is 26.7 Å². The monoisotopic (exact) mass is 386 g/mol. The van der Waals surface area contributed by atoms with Crippen molar-refractivity contribution in [3.63, 3.8) is 0 Å². The van der Waals surface area contributed by atoms with Gasteiger partial charge in [-0.15, -0.1) is 4.41 Å². The molecule has 116 valence electrons. The van der Waals surface area contributed by atoms with E-state index in [1.807, 2.05) is 0 Å². The summed E-state index contributed by atoms with van der Waals surface area (Å²) in [6.45, 7) is 1.22. The summed E-state index contributed by atoms with van der Waals surface area (Å²) in [6, 6.07) is 4.98. The van der Waals surface area contributed by atoms with Crippen molar-refractivity contribution in [1.82, 2.24) is 4.41 Å². The molecule has 0 fully saturated rings. The molecule has 0 radical (unpaired) electrons. The summed E-state index contributed by atoms with van der Waals surface area (Å²) in [5.74, 6) is 0. The van der Waals surface area contributed by atoms with Gasteiger partial charge >= 0.3 is 6.18 Å². The zero-order valence-electron chi connectivity index (χ0n) is 10.6. The van der Waals surface area contributed by atoms with Crippen LogP contribution in [0.25, 0.3) is 0 Å². The summed E-state index contributed by atoms with van der Waals surface area (Å²) in [4.78, 5) is -0.396. The molecule has 1 aromatic carbocycles. The second kappa shape index (κ2) is 4.96. The zero-order valence-corrected chi connectivity index (χ0v) is 13.0. The van der Waals surface area contributed by atoms with Crippen LogP contribution < -0.4 is 0 Å². The Bertz CT molecular complexity index is 688. The number of hydrogen-bond donors (Lipinski definition) is 1. The van der Waals surface area contributed by atoms with Gasteiger partial charge in [0.05, 0.1) is 4.90 Å². The quantitative estimate of drug-likeness (QED) is 0.848. The molecule has 0 saturated carbocycles. The maximum atomic E-state index is 13.0. The summed E-state index contributed by atoms with van der Waals surface area (Å²) in [5.41, 5.74) is -3.70. The van der Waals surface area contributed by atoms with Crippen LogP contribution in [0.2, 0.25) is 0 Å². The van der Waals surface area contributed by atoms with Crippen molar-refractivity contribution in [3.8, 4) is 0 Å². The standard InChI is InChI=1S/C11H10BrF3N2O3S/c1-7-6-10(18,11(13,14)15)17(16-7)21(19,20)9-4-2-8(12)3-5-9/h2-5,18H,6H2,1H3/t10-/m0/s1. The smallest absolute Gasteiger partial charge is 0.361 e. The third kappa shape index (κ3) is 2.67. The molecular formula is C11H10BrF3N2O3S. The Labute approximate surface area is 127 Å². The normalized spacial score (nSPS) is 23.3. The molecule has 1 aliphatic heterocycles. The highest BCUT2D eigenvalue weighted by Crippen LogP contribution is 2.43. The molecule has 0 aromatic heterocycles. The average molecular weight is 387 g/mol. The summed E-state index contributed by atoms with van der Waals surface area (Å²) < 4.78 is 64.0. The fourth-order valence-electron chi connectivity index (χ4n) is 1.87. The van der Waals surface area contributed by atoms with Crippen molar-refractivity contribution >= 4 is 31.7 Å². The first kappa shape index (κ1) is 16.2. The number of nitrogens with zero attached hydrogens (tertiary/aromatic N) is 2. The van der Waals surface area contributed by atoms with Crippen molar-refractivity contribution in [2.45, 2.75) is 30.1 Å². The van der Waals surface area contributed by atoms with E-state index < -0.39 is 33.2 Å². The molecule has 1 heterocycles. The molecule has 21 heavy (non-hydrogen) atoms. The number of rotatable bonds is 2. The number of aliphatic hydroxyl groups is 1. The predicted molar refractivity (Wildman–Crippen MR) is 71.9 cm³/mol. The lowest BCUT2D eigenvalue weighted by Crippen LogP contribution is -2.56. The lowest BCUT2D eigenvalue weighted by molar-refractivity contribution is -0.291. The maximum Gasteiger partial charge on any atom is 0.439 e. The van der Waals surface area contributed by atoms with Crippen molar-refractivity contribution in [3.05, 3.63) is 28.7 Å². The zero-order chi connectivity index (χ0) is 16.1. The van der Waals surface area contributed by atoms with Crippen molar-refractivity contribution in [1.29, 1.82) is 0 Å². The molecule has 5 nitrogen and oxygen atoms in total. The fourth-order valence-corrected chi connectivity index (χ4v) is 3.62. The minimum atomic E-state index is -5.17. The molecule has 1 N–H and O–H groups in total. The lowest BCUT2D eigenvalue weighted by atomic mass is 10.1. The Morgan fingerprint density at radius 2 is 1.86 bits per heavy atom. The van der Waals surface area contributed by atoms with Crippen LogP contribution in [0.3, 0.4) is 0 Å². The van der Waals surface area contributed by atoms with E-state index in [1.165, 1.54) is 19.1 Å². The SMILES string of the molecule is CC1=NN(S(=O)(=O)c2ccc(Br)cc2)[C@@](O)(C(F)(F)F)C1. The van der Waals surface area contributed by atoms with Gasteiger partial charge in [0.2, 0.25) is 0 Å². The van der Waals surface area contributed by atoms with Crippen molar-refractivity contribution in [2.24, 2.45) is 5.10 Å². The minimum Gasteiger partial charge on any atom is -0.361 e. The molecule has 0 saturated heterocycles. The van der Waals surface area contributed by atoms with Crippen LogP contribution in [0.5, 0.6) is 0 Å². The number of halogens is 4. The second-order valence-electron chi connectivity index (χ2n) is 4.53. The largest absolute Gasteiger partial charge is 0.439 e. The average Bonchev–Trinajstić information content (AvgIpc) is 2.66. The van der Waals surface area contributed by atoms with Gasteiger partial charge in [0, 0.05) is 16.6 Å². The minimum absolute atomic E-state index is 0.129. The third-order valence-electron chi connectivity index (χ3n) is 2.87. The highest BCUT2D eigenvalue weighted by atomic mass is 79.9. The van der Waals surface area contributed by atoms with Gasteiger partial charge in [-0.25, -0.2) is 0 Å². The van der Waals surface area contributed by atoms with Gasteiger partial charge in [0.15, 0.2) is 0 Å². The third-order valence-corrected chi connectivity index (χ3v) is 5.11. The van der Waals surface area contributed by atoms with Crippen LogP contribution in [0.1, 0.15) is 13.3 Å². The molecule has 0 unspecified atom stereocenters. The highest BCUT2D eigenvalue weighted by molar-refractivity contribution is 9.10. The van der Waals surface area contributed by atoms with Crippen LogP contribution in [-0.4, -0.2) is 35.6 Å². The molecule has 0 bridgehead atoms. The Morgan fingerprint density at radius 1 is 1.33 bits per heavy atom.